The standard InChI is InChI=1S/C13H19FN2O2S/c1-9-3-4-12(14)13(7-9)19(17,18)16-6-5-11(15)8-10(16)2/h3-4,7,10-11H,5-6,8,15H2,1-2H3. The predicted octanol–water partition coefficient (Wildman–Crippen LogP) is 1.63. The molecule has 0 radical (unpaired) electrons. The fourth-order valence-electron chi connectivity index (χ4n) is 2.48. The minimum Gasteiger partial charge on any atom is -0.328 e. The highest BCUT2D eigenvalue weighted by atomic mass is 32.2. The fraction of sp³-hybridized carbons (Fsp3) is 0.538. The van der Waals surface area contributed by atoms with Gasteiger partial charge in [-0.2, -0.15) is 4.31 Å². The molecule has 2 N–H and O–H groups in total. The normalized spacial score (nSPS) is 25.5. The molecule has 106 valence electrons. The molecule has 1 aromatic rings. The molecule has 6 heteroatoms. The second-order valence-electron chi connectivity index (χ2n) is 5.18. The van der Waals surface area contributed by atoms with Crippen LogP contribution in [-0.2, 0) is 10.0 Å². The zero-order chi connectivity index (χ0) is 14.2. The van der Waals surface area contributed by atoms with Crippen molar-refractivity contribution in [2.45, 2.75) is 43.7 Å². The lowest BCUT2D eigenvalue weighted by molar-refractivity contribution is 0.246. The molecule has 4 nitrogen and oxygen atoms in total. The van der Waals surface area contributed by atoms with Crippen molar-refractivity contribution in [2.24, 2.45) is 5.73 Å². The summed E-state index contributed by atoms with van der Waals surface area (Å²) in [6.45, 7) is 3.90. The van der Waals surface area contributed by atoms with Gasteiger partial charge in [-0.05, 0) is 44.4 Å². The first-order valence-electron chi connectivity index (χ1n) is 6.36. The lowest BCUT2D eigenvalue weighted by Gasteiger charge is -2.35. The van der Waals surface area contributed by atoms with E-state index in [4.69, 9.17) is 5.73 Å². The number of aryl methyl sites for hydroxylation is 1. The van der Waals surface area contributed by atoms with Gasteiger partial charge in [0.1, 0.15) is 10.7 Å². The fourth-order valence-corrected chi connectivity index (χ4v) is 4.29. The average molecular weight is 286 g/mol. The van der Waals surface area contributed by atoms with Crippen LogP contribution >= 0.6 is 0 Å². The first kappa shape index (κ1) is 14.4. The van der Waals surface area contributed by atoms with Gasteiger partial charge in [0.15, 0.2) is 0 Å². The van der Waals surface area contributed by atoms with Crippen LogP contribution in [0.15, 0.2) is 23.1 Å². The summed E-state index contributed by atoms with van der Waals surface area (Å²) in [5.41, 5.74) is 6.55. The summed E-state index contributed by atoms with van der Waals surface area (Å²) < 4.78 is 40.2. The molecule has 0 bridgehead atoms. The maximum atomic E-state index is 13.8. The highest BCUT2D eigenvalue weighted by Crippen LogP contribution is 2.26. The molecular weight excluding hydrogens is 267 g/mol. The Hall–Kier alpha value is -0.980. The highest BCUT2D eigenvalue weighted by molar-refractivity contribution is 7.89. The van der Waals surface area contributed by atoms with E-state index in [1.54, 1.807) is 13.0 Å². The molecule has 2 rings (SSSR count). The lowest BCUT2D eigenvalue weighted by atomic mass is 10.0. The summed E-state index contributed by atoms with van der Waals surface area (Å²) in [7, 11) is -3.79. The molecule has 1 aliphatic heterocycles. The zero-order valence-electron chi connectivity index (χ0n) is 11.1. The smallest absolute Gasteiger partial charge is 0.246 e. The average Bonchev–Trinajstić information content (AvgIpc) is 2.31. The number of hydrogen-bond donors (Lipinski definition) is 1. The third-order valence-corrected chi connectivity index (χ3v) is 5.56. The van der Waals surface area contributed by atoms with E-state index in [2.05, 4.69) is 0 Å². The van der Waals surface area contributed by atoms with Crippen molar-refractivity contribution in [3.05, 3.63) is 29.6 Å². The molecule has 1 heterocycles. The summed E-state index contributed by atoms with van der Waals surface area (Å²) in [5, 5.41) is 0. The van der Waals surface area contributed by atoms with E-state index in [1.807, 2.05) is 6.92 Å². The minimum absolute atomic E-state index is 0.0174. The number of nitrogens with zero attached hydrogens (tertiary/aromatic N) is 1. The van der Waals surface area contributed by atoms with Crippen LogP contribution in [0.25, 0.3) is 0 Å². The Labute approximate surface area is 113 Å². The van der Waals surface area contributed by atoms with E-state index in [1.165, 1.54) is 16.4 Å². The molecule has 2 unspecified atom stereocenters. The summed E-state index contributed by atoms with van der Waals surface area (Å²) >= 11 is 0. The van der Waals surface area contributed by atoms with Crippen molar-refractivity contribution in [3.63, 3.8) is 0 Å². The molecule has 0 spiro atoms. The van der Waals surface area contributed by atoms with Gasteiger partial charge in [0.2, 0.25) is 10.0 Å². The molecule has 1 fully saturated rings. The lowest BCUT2D eigenvalue weighted by Crippen LogP contribution is -2.48. The van der Waals surface area contributed by atoms with Gasteiger partial charge in [0.05, 0.1) is 0 Å². The van der Waals surface area contributed by atoms with Crippen LogP contribution in [0, 0.1) is 12.7 Å². The van der Waals surface area contributed by atoms with Gasteiger partial charge >= 0.3 is 0 Å². The van der Waals surface area contributed by atoms with Crippen molar-refractivity contribution in [2.75, 3.05) is 6.54 Å². The molecule has 0 amide bonds. The minimum atomic E-state index is -3.79. The van der Waals surface area contributed by atoms with Gasteiger partial charge in [-0.15, -0.1) is 0 Å². The third kappa shape index (κ3) is 2.80. The van der Waals surface area contributed by atoms with E-state index >= 15 is 0 Å². The van der Waals surface area contributed by atoms with Crippen LogP contribution in [-0.4, -0.2) is 31.4 Å². The van der Waals surface area contributed by atoms with Gasteiger partial charge < -0.3 is 5.73 Å². The van der Waals surface area contributed by atoms with Crippen molar-refractivity contribution in [3.8, 4) is 0 Å². The van der Waals surface area contributed by atoms with Crippen LogP contribution in [0.3, 0.4) is 0 Å². The molecule has 2 atom stereocenters. The number of benzene rings is 1. The van der Waals surface area contributed by atoms with Crippen molar-refractivity contribution in [1.82, 2.24) is 4.31 Å². The van der Waals surface area contributed by atoms with E-state index in [9.17, 15) is 12.8 Å². The topological polar surface area (TPSA) is 63.4 Å². The van der Waals surface area contributed by atoms with E-state index in [0.29, 0.717) is 19.4 Å². The summed E-state index contributed by atoms with van der Waals surface area (Å²) in [4.78, 5) is -0.241. The molecule has 0 aromatic heterocycles. The maximum Gasteiger partial charge on any atom is 0.246 e. The molecular formula is C13H19FN2O2S. The summed E-state index contributed by atoms with van der Waals surface area (Å²) in [5.74, 6) is -0.701. The van der Waals surface area contributed by atoms with Crippen LogP contribution in [0.2, 0.25) is 0 Å². The second-order valence-corrected chi connectivity index (χ2v) is 7.04. The number of nitrogens with two attached hydrogens (primary N) is 1. The van der Waals surface area contributed by atoms with Crippen LogP contribution in [0.1, 0.15) is 25.3 Å². The van der Waals surface area contributed by atoms with Gasteiger partial charge in [-0.3, -0.25) is 0 Å². The van der Waals surface area contributed by atoms with E-state index in [-0.39, 0.29) is 17.0 Å². The van der Waals surface area contributed by atoms with E-state index < -0.39 is 15.8 Å². The van der Waals surface area contributed by atoms with Gasteiger partial charge in [0.25, 0.3) is 0 Å². The maximum absolute atomic E-state index is 13.8. The Bertz CT molecular complexity index is 574. The van der Waals surface area contributed by atoms with Crippen LogP contribution in [0.5, 0.6) is 0 Å². The molecule has 0 saturated carbocycles. The van der Waals surface area contributed by atoms with Crippen molar-refractivity contribution >= 4 is 10.0 Å². The molecule has 0 aliphatic carbocycles. The Balaban J connectivity index is 2.39. The first-order valence-corrected chi connectivity index (χ1v) is 7.80. The number of rotatable bonds is 2. The van der Waals surface area contributed by atoms with Gasteiger partial charge in [-0.1, -0.05) is 6.07 Å². The highest BCUT2D eigenvalue weighted by Gasteiger charge is 2.34. The summed E-state index contributed by atoms with van der Waals surface area (Å²) in [6.07, 6.45) is 1.21. The quantitative estimate of drug-likeness (QED) is 0.899. The van der Waals surface area contributed by atoms with E-state index in [0.717, 1.165) is 5.56 Å². The second kappa shape index (κ2) is 5.19. The Kier molecular flexibility index (Phi) is 3.94. The monoisotopic (exact) mass is 286 g/mol. The Morgan fingerprint density at radius 3 is 2.74 bits per heavy atom. The third-order valence-electron chi connectivity index (χ3n) is 3.53. The molecule has 19 heavy (non-hydrogen) atoms. The van der Waals surface area contributed by atoms with Crippen LogP contribution in [0.4, 0.5) is 4.39 Å². The number of halogens is 1. The number of sulfonamides is 1. The van der Waals surface area contributed by atoms with Crippen molar-refractivity contribution in [1.29, 1.82) is 0 Å². The first-order chi connectivity index (χ1) is 8.82. The van der Waals surface area contributed by atoms with Gasteiger partial charge in [0, 0.05) is 18.6 Å². The predicted molar refractivity (Wildman–Crippen MR) is 71.7 cm³/mol. The van der Waals surface area contributed by atoms with Gasteiger partial charge in [-0.25, -0.2) is 12.8 Å². The molecule has 1 aliphatic rings. The Morgan fingerprint density at radius 2 is 2.11 bits per heavy atom. The Morgan fingerprint density at radius 1 is 1.42 bits per heavy atom. The largest absolute Gasteiger partial charge is 0.328 e. The number of piperidine rings is 1. The summed E-state index contributed by atoms with van der Waals surface area (Å²) in [6, 6.07) is 3.95. The number of hydrogen-bond acceptors (Lipinski definition) is 3. The SMILES string of the molecule is Cc1ccc(F)c(S(=O)(=O)N2CCC(N)CC2C)c1. The molecule has 1 aromatic carbocycles. The van der Waals surface area contributed by atoms with Crippen LogP contribution < -0.4 is 5.73 Å². The zero-order valence-corrected chi connectivity index (χ0v) is 12.0. The van der Waals surface area contributed by atoms with Crippen molar-refractivity contribution < 1.29 is 12.8 Å². The molecule has 1 saturated heterocycles.